The van der Waals surface area contributed by atoms with E-state index in [-0.39, 0.29) is 18.9 Å². The van der Waals surface area contributed by atoms with Crippen LogP contribution < -0.4 is 19.5 Å². The Hall–Kier alpha value is -4.35. The Morgan fingerprint density at radius 1 is 1.06 bits per heavy atom. The number of carbonyl (C=O) groups excluding carboxylic acids is 1. The summed E-state index contributed by atoms with van der Waals surface area (Å²) in [5.41, 5.74) is 0.464. The maximum Gasteiger partial charge on any atom is 0.416 e. The maximum absolute atomic E-state index is 12.8. The molecule has 0 aliphatic heterocycles. The summed E-state index contributed by atoms with van der Waals surface area (Å²) in [5, 5.41) is 15.3. The van der Waals surface area contributed by atoms with Crippen molar-refractivity contribution in [2.45, 2.75) is 19.2 Å². The first kappa shape index (κ1) is 24.8. The highest BCUT2D eigenvalue weighted by Crippen LogP contribution is 2.31. The van der Waals surface area contributed by atoms with E-state index in [9.17, 15) is 18.0 Å². The van der Waals surface area contributed by atoms with Crippen LogP contribution in [0.1, 0.15) is 12.5 Å². The molecule has 188 valence electrons. The number of ether oxygens (including phenoxy) is 3. The van der Waals surface area contributed by atoms with Gasteiger partial charge in [-0.15, -0.1) is 15.3 Å². The third-order valence-electron chi connectivity index (χ3n) is 5.08. The van der Waals surface area contributed by atoms with E-state index in [1.165, 1.54) is 19.1 Å². The summed E-state index contributed by atoms with van der Waals surface area (Å²) in [6.07, 6.45) is -5.51. The Kier molecular flexibility index (Phi) is 7.23. The van der Waals surface area contributed by atoms with E-state index in [4.69, 9.17) is 14.2 Å². The Balaban J connectivity index is 1.31. The second-order valence-corrected chi connectivity index (χ2v) is 7.62. The van der Waals surface area contributed by atoms with E-state index < -0.39 is 23.8 Å². The molecule has 36 heavy (non-hydrogen) atoms. The lowest BCUT2D eigenvalue weighted by Crippen LogP contribution is -2.38. The van der Waals surface area contributed by atoms with Crippen molar-refractivity contribution in [3.63, 3.8) is 0 Å². The minimum absolute atomic E-state index is 0.0529. The second kappa shape index (κ2) is 10.5. The molecule has 0 saturated carbocycles. The van der Waals surface area contributed by atoms with Gasteiger partial charge in [0.25, 0.3) is 5.91 Å². The van der Waals surface area contributed by atoms with Gasteiger partial charge in [0.15, 0.2) is 17.6 Å². The van der Waals surface area contributed by atoms with Crippen molar-refractivity contribution in [3.05, 3.63) is 66.2 Å². The van der Waals surface area contributed by atoms with Crippen LogP contribution in [0.25, 0.3) is 17.0 Å². The van der Waals surface area contributed by atoms with E-state index in [0.29, 0.717) is 23.1 Å². The molecular weight excluding hydrogens is 479 g/mol. The lowest BCUT2D eigenvalue weighted by Gasteiger charge is -2.16. The molecule has 1 N–H and O–H groups in total. The summed E-state index contributed by atoms with van der Waals surface area (Å²) in [4.78, 5) is 12.3. The number of nitrogens with zero attached hydrogens (tertiary/aromatic N) is 4. The molecule has 0 fully saturated rings. The highest BCUT2D eigenvalue weighted by atomic mass is 19.4. The minimum atomic E-state index is -4.50. The molecule has 0 aliphatic rings. The number of amides is 1. The molecule has 1 amide bonds. The highest BCUT2D eigenvalue weighted by molar-refractivity contribution is 5.80. The van der Waals surface area contributed by atoms with Crippen LogP contribution in [-0.4, -0.2) is 52.1 Å². The molecule has 12 heteroatoms. The van der Waals surface area contributed by atoms with Gasteiger partial charge in [-0.2, -0.15) is 17.7 Å². The number of alkyl halides is 3. The Morgan fingerprint density at radius 3 is 2.56 bits per heavy atom. The topological polar surface area (TPSA) is 99.9 Å². The van der Waals surface area contributed by atoms with Gasteiger partial charge in [0.1, 0.15) is 18.1 Å². The quantitative estimate of drug-likeness (QED) is 0.349. The maximum atomic E-state index is 12.8. The lowest BCUT2D eigenvalue weighted by atomic mass is 10.2. The van der Waals surface area contributed by atoms with Gasteiger partial charge in [-0.1, -0.05) is 6.07 Å². The zero-order chi connectivity index (χ0) is 25.7. The summed E-state index contributed by atoms with van der Waals surface area (Å²) in [6, 6.07) is 15.0. The third kappa shape index (κ3) is 5.82. The van der Waals surface area contributed by atoms with E-state index in [1.54, 1.807) is 35.9 Å². The fraction of sp³-hybridized carbons (Fsp3) is 0.250. The fourth-order valence-electron chi connectivity index (χ4n) is 3.25. The number of rotatable bonds is 9. The van der Waals surface area contributed by atoms with Crippen LogP contribution in [0.15, 0.2) is 60.7 Å². The number of methoxy groups -OCH3 is 1. The first-order chi connectivity index (χ1) is 17.2. The number of nitrogens with one attached hydrogen (secondary N) is 1. The second-order valence-electron chi connectivity index (χ2n) is 7.62. The smallest absolute Gasteiger partial charge is 0.416 e. The van der Waals surface area contributed by atoms with Crippen molar-refractivity contribution in [2.75, 3.05) is 20.3 Å². The predicted octanol–water partition coefficient (Wildman–Crippen LogP) is 3.78. The van der Waals surface area contributed by atoms with E-state index in [2.05, 4.69) is 20.6 Å². The number of fused-ring (bicyclic) bond motifs is 1. The number of benzene rings is 2. The Morgan fingerprint density at radius 2 is 1.83 bits per heavy atom. The van der Waals surface area contributed by atoms with E-state index in [0.717, 1.165) is 17.7 Å². The van der Waals surface area contributed by atoms with Crippen LogP contribution in [0.5, 0.6) is 17.4 Å². The van der Waals surface area contributed by atoms with Gasteiger partial charge < -0.3 is 19.5 Å². The molecule has 1 atom stereocenters. The van der Waals surface area contributed by atoms with Gasteiger partial charge in [0, 0.05) is 11.6 Å². The number of hydrogen-bond acceptors (Lipinski definition) is 7. The number of halogens is 3. The molecule has 2 aromatic carbocycles. The predicted molar refractivity (Wildman–Crippen MR) is 123 cm³/mol. The van der Waals surface area contributed by atoms with Gasteiger partial charge in [-0.3, -0.25) is 4.79 Å². The monoisotopic (exact) mass is 501 g/mol. The van der Waals surface area contributed by atoms with Crippen molar-refractivity contribution < 1.29 is 32.2 Å². The first-order valence-corrected chi connectivity index (χ1v) is 10.9. The molecule has 0 aliphatic carbocycles. The summed E-state index contributed by atoms with van der Waals surface area (Å²) < 4.78 is 56.2. The number of hydrogen-bond donors (Lipinski definition) is 1. The summed E-state index contributed by atoms with van der Waals surface area (Å²) >= 11 is 0. The normalized spacial score (nSPS) is 12.2. The van der Waals surface area contributed by atoms with Gasteiger partial charge >= 0.3 is 6.18 Å². The third-order valence-corrected chi connectivity index (χ3v) is 5.08. The molecule has 2 aromatic heterocycles. The molecule has 9 nitrogen and oxygen atoms in total. The van der Waals surface area contributed by atoms with Gasteiger partial charge in [0.2, 0.25) is 5.88 Å². The average molecular weight is 501 g/mol. The highest BCUT2D eigenvalue weighted by Gasteiger charge is 2.30. The van der Waals surface area contributed by atoms with Crippen LogP contribution in [0, 0.1) is 0 Å². The molecule has 1 unspecified atom stereocenters. The van der Waals surface area contributed by atoms with E-state index in [1.807, 2.05) is 12.1 Å². The van der Waals surface area contributed by atoms with Crippen molar-refractivity contribution in [2.24, 2.45) is 0 Å². The van der Waals surface area contributed by atoms with Crippen molar-refractivity contribution in [1.29, 1.82) is 0 Å². The Labute approximate surface area is 203 Å². The molecule has 0 bridgehead atoms. The molecule has 2 heterocycles. The number of carbonyl (C=O) groups is 1. The van der Waals surface area contributed by atoms with Gasteiger partial charge in [-0.05, 0) is 55.5 Å². The first-order valence-electron chi connectivity index (χ1n) is 10.9. The summed E-state index contributed by atoms with van der Waals surface area (Å²) in [6.45, 7) is 1.67. The van der Waals surface area contributed by atoms with Gasteiger partial charge in [-0.25, -0.2) is 0 Å². The molecule has 4 rings (SSSR count). The molecule has 0 spiro atoms. The largest absolute Gasteiger partial charge is 0.497 e. The fourth-order valence-corrected chi connectivity index (χ4v) is 3.25. The molecule has 0 saturated heterocycles. The van der Waals surface area contributed by atoms with Gasteiger partial charge in [0.05, 0.1) is 19.2 Å². The molecular formula is C24H22F3N5O4. The van der Waals surface area contributed by atoms with E-state index >= 15 is 0 Å². The lowest BCUT2D eigenvalue weighted by molar-refractivity contribution is -0.137. The van der Waals surface area contributed by atoms with Crippen molar-refractivity contribution >= 4 is 11.6 Å². The Bertz CT molecular complexity index is 1340. The number of aromatic nitrogens is 4. The SMILES string of the molecule is COc1ccc(-c2nnc3ccc(OCCNC(=O)C(C)Oc4cccc(C(F)(F)F)c4)nn23)cc1. The molecule has 4 aromatic rings. The average Bonchev–Trinajstić information content (AvgIpc) is 3.29. The minimum Gasteiger partial charge on any atom is -0.497 e. The van der Waals surface area contributed by atoms with Crippen molar-refractivity contribution in [1.82, 2.24) is 25.1 Å². The van der Waals surface area contributed by atoms with Crippen molar-refractivity contribution in [3.8, 4) is 28.8 Å². The zero-order valence-corrected chi connectivity index (χ0v) is 19.3. The summed E-state index contributed by atoms with van der Waals surface area (Å²) in [7, 11) is 1.58. The molecule has 0 radical (unpaired) electrons. The summed E-state index contributed by atoms with van der Waals surface area (Å²) in [5.74, 6) is 0.968. The standard InChI is InChI=1S/C24H22F3N5O4/c1-15(36-19-5-3-4-17(14-19)24(25,26)27)23(33)28-12-13-35-21-11-10-20-29-30-22(32(20)31-21)16-6-8-18(34-2)9-7-16/h3-11,14-15H,12-13H2,1-2H3,(H,28,33). The van der Waals surface area contributed by atoms with Crippen LogP contribution in [0.3, 0.4) is 0 Å². The van der Waals surface area contributed by atoms with Crippen LogP contribution >= 0.6 is 0 Å². The van der Waals surface area contributed by atoms with Crippen LogP contribution in [0.2, 0.25) is 0 Å². The zero-order valence-electron chi connectivity index (χ0n) is 19.3. The van der Waals surface area contributed by atoms with Crippen LogP contribution in [0.4, 0.5) is 13.2 Å². The van der Waals surface area contributed by atoms with Crippen LogP contribution in [-0.2, 0) is 11.0 Å².